The zero-order valence-corrected chi connectivity index (χ0v) is 37.9. The second kappa shape index (κ2) is 14.5. The first-order valence-electron chi connectivity index (χ1n) is 22.5. The normalized spacial score (nSPS) is 18.6. The van der Waals surface area contributed by atoms with Crippen LogP contribution >= 0.6 is 11.3 Å². The molecule has 0 bridgehead atoms. The van der Waals surface area contributed by atoms with Crippen molar-refractivity contribution in [1.29, 1.82) is 0 Å². The van der Waals surface area contributed by atoms with Crippen molar-refractivity contribution in [2.45, 2.75) is 57.4 Å². The fourth-order valence-corrected chi connectivity index (χ4v) is 18.2. The van der Waals surface area contributed by atoms with Crippen LogP contribution < -0.4 is 25.6 Å². The van der Waals surface area contributed by atoms with Gasteiger partial charge < -0.3 is 9.47 Å². The molecule has 1 aliphatic carbocycles. The van der Waals surface area contributed by atoms with Crippen LogP contribution in [0.5, 0.6) is 0 Å². The van der Waals surface area contributed by atoms with Crippen molar-refractivity contribution in [2.75, 3.05) is 4.90 Å². The molecule has 0 saturated heterocycles. The van der Waals surface area contributed by atoms with Crippen LogP contribution in [-0.4, -0.2) is 23.2 Å². The topological polar surface area (TPSA) is 21.1 Å². The number of fused-ring (bicyclic) bond motifs is 8. The van der Waals surface area contributed by atoms with Crippen LogP contribution in [0.4, 0.5) is 11.4 Å². The van der Waals surface area contributed by atoms with Crippen molar-refractivity contribution in [1.82, 2.24) is 9.55 Å². The summed E-state index contributed by atoms with van der Waals surface area (Å²) in [7, 11) is -2.81. The van der Waals surface area contributed by atoms with Crippen LogP contribution in [0.15, 0.2) is 194 Å². The number of thiophene rings is 1. The molecule has 2 unspecified atom stereocenters. The Balaban J connectivity index is 1.15. The second-order valence-electron chi connectivity index (χ2n) is 18.3. The molecule has 3 aromatic heterocycles. The van der Waals surface area contributed by atoms with Gasteiger partial charge >= 0.3 is 0 Å². The summed E-state index contributed by atoms with van der Waals surface area (Å²) in [6, 6.07) is 71.0. The quantitative estimate of drug-likeness (QED) is 0.118. The van der Waals surface area contributed by atoms with Crippen LogP contribution in [0.25, 0.3) is 48.2 Å². The van der Waals surface area contributed by atoms with Crippen LogP contribution in [0.1, 0.15) is 50.7 Å². The molecule has 0 spiro atoms. The van der Waals surface area contributed by atoms with E-state index in [0.717, 1.165) is 5.69 Å². The third-order valence-electron chi connectivity index (χ3n) is 15.0. The number of pyridine rings is 1. The summed E-state index contributed by atoms with van der Waals surface area (Å²) in [6.45, 7) is 7.29. The zero-order valence-electron chi connectivity index (χ0n) is 36.1. The highest BCUT2D eigenvalue weighted by atomic mass is 32.1. The lowest BCUT2D eigenvalue weighted by molar-refractivity contribution is 0.195. The summed E-state index contributed by atoms with van der Waals surface area (Å²) in [5, 5.41) is 9.39. The van der Waals surface area contributed by atoms with Crippen molar-refractivity contribution < 1.29 is 0 Å². The maximum Gasteiger partial charge on any atom is 0.179 e. The molecule has 10 aromatic rings. The average Bonchev–Trinajstić information content (AvgIpc) is 3.93. The molecule has 1 fully saturated rings. The third kappa shape index (κ3) is 5.52. The minimum absolute atomic E-state index is 0.0277. The summed E-state index contributed by atoms with van der Waals surface area (Å²) < 4.78 is 3.84. The van der Waals surface area contributed by atoms with Crippen molar-refractivity contribution in [3.05, 3.63) is 205 Å². The molecule has 2 atom stereocenters. The number of benzene rings is 7. The molecule has 1 aliphatic heterocycles. The summed E-state index contributed by atoms with van der Waals surface area (Å²) in [5.74, 6) is 0. The number of aryl methyl sites for hydroxylation is 1. The van der Waals surface area contributed by atoms with E-state index in [1.54, 1.807) is 0 Å². The predicted molar refractivity (Wildman–Crippen MR) is 271 cm³/mol. The second-order valence-corrected chi connectivity index (χ2v) is 23.1. The Hall–Kier alpha value is -6.53. The number of para-hydroxylation sites is 1. The first kappa shape index (κ1) is 38.2. The van der Waals surface area contributed by atoms with Gasteiger partial charge in [0, 0.05) is 55.1 Å². The Bertz CT molecular complexity index is 3320. The maximum absolute atomic E-state index is 4.87. The van der Waals surface area contributed by atoms with E-state index in [4.69, 9.17) is 4.98 Å². The van der Waals surface area contributed by atoms with Gasteiger partial charge in [-0.1, -0.05) is 165 Å². The number of anilines is 2. The largest absolute Gasteiger partial charge is 0.334 e. The van der Waals surface area contributed by atoms with Crippen LogP contribution in [0.3, 0.4) is 0 Å². The van der Waals surface area contributed by atoms with Gasteiger partial charge in [-0.05, 0) is 102 Å². The fourth-order valence-electron chi connectivity index (χ4n) is 11.9. The molecule has 4 heterocycles. The Morgan fingerprint density at radius 1 is 0.571 bits per heavy atom. The molecular weight excluding hydrogens is 799 g/mol. The lowest BCUT2D eigenvalue weighted by atomic mass is 9.61. The first-order chi connectivity index (χ1) is 30.9. The van der Waals surface area contributed by atoms with E-state index in [1.165, 1.54) is 111 Å². The van der Waals surface area contributed by atoms with Gasteiger partial charge in [0.25, 0.3) is 0 Å². The molecule has 3 nitrogen and oxygen atoms in total. The van der Waals surface area contributed by atoms with Gasteiger partial charge in [0.05, 0.1) is 16.7 Å². The van der Waals surface area contributed by atoms with Crippen molar-refractivity contribution in [2.24, 2.45) is 0 Å². The summed E-state index contributed by atoms with van der Waals surface area (Å²) in [6.07, 6.45) is 6.81. The predicted octanol–water partition coefficient (Wildman–Crippen LogP) is 12.5. The molecule has 0 amide bonds. The molecule has 306 valence electrons. The Labute approximate surface area is 375 Å². The van der Waals surface area contributed by atoms with E-state index in [-0.39, 0.29) is 11.0 Å². The average molecular weight is 848 g/mol. The molecule has 0 N–H and O–H groups in total. The lowest BCUT2D eigenvalue weighted by Gasteiger charge is -2.50. The minimum Gasteiger partial charge on any atom is -0.334 e. The summed E-state index contributed by atoms with van der Waals surface area (Å²) in [4.78, 5) is 8.85. The minimum atomic E-state index is -2.81. The van der Waals surface area contributed by atoms with Gasteiger partial charge in [0.15, 0.2) is 8.07 Å². The number of aromatic nitrogens is 2. The number of hydrogen-bond acceptors (Lipinski definition) is 3. The Morgan fingerprint density at radius 2 is 1.25 bits per heavy atom. The highest BCUT2D eigenvalue weighted by molar-refractivity contribution is 7.26. The van der Waals surface area contributed by atoms with Crippen molar-refractivity contribution in [3.8, 4) is 16.9 Å². The monoisotopic (exact) mass is 847 g/mol. The fraction of sp³-hybridized carbons (Fsp3) is 0.155. The molecule has 1 saturated carbocycles. The SMILES string of the molecule is Cc1cccc([Si](c2ccccc2)(c2ccccc2)c2cccc(-n3c4ccc(N5c6ccccc6C6(C)CCCCC56C)cc4c4c5cccc(-c6ccccn6)c5sc43)c2)c1. The van der Waals surface area contributed by atoms with Gasteiger partial charge in [0.1, 0.15) is 4.83 Å². The van der Waals surface area contributed by atoms with E-state index in [9.17, 15) is 0 Å². The van der Waals surface area contributed by atoms with E-state index in [1.807, 2.05) is 23.6 Å². The van der Waals surface area contributed by atoms with E-state index >= 15 is 0 Å². The molecule has 63 heavy (non-hydrogen) atoms. The maximum atomic E-state index is 4.87. The van der Waals surface area contributed by atoms with E-state index < -0.39 is 8.07 Å². The van der Waals surface area contributed by atoms with Gasteiger partial charge in [0.2, 0.25) is 0 Å². The standard InChI is InChI=1S/C58H49N3SSi/c1-40-19-16-25-45(37-40)63(43-21-6-4-7-22-43,44-23-8-5-9-24-44)46-26-17-20-41(38-46)60-52-33-32-42(61-53-31-11-10-29-50(53)57(2)34-13-14-35-58(57,61)3)39-49(52)54-48-28-18-27-47(55(48)62-56(54)60)51-30-12-15-36-59-51/h4-12,15-33,36-39H,13-14,34-35H2,1-3H3. The first-order valence-corrected chi connectivity index (χ1v) is 25.3. The van der Waals surface area contributed by atoms with E-state index in [2.05, 4.69) is 212 Å². The van der Waals surface area contributed by atoms with Crippen LogP contribution in [-0.2, 0) is 5.41 Å². The number of nitrogens with zero attached hydrogens (tertiary/aromatic N) is 3. The van der Waals surface area contributed by atoms with Crippen molar-refractivity contribution >= 4 is 82.7 Å². The Kier molecular flexibility index (Phi) is 8.79. The third-order valence-corrected chi connectivity index (χ3v) is 21.0. The summed E-state index contributed by atoms with van der Waals surface area (Å²) in [5.41, 5.74) is 10.0. The molecule has 2 aliphatic rings. The van der Waals surface area contributed by atoms with Crippen molar-refractivity contribution in [3.63, 3.8) is 0 Å². The zero-order chi connectivity index (χ0) is 42.3. The van der Waals surface area contributed by atoms with Gasteiger partial charge in [-0.3, -0.25) is 4.98 Å². The highest BCUT2D eigenvalue weighted by Crippen LogP contribution is 2.61. The molecular formula is C58H49N3SSi. The molecule has 7 aromatic carbocycles. The molecule has 5 heteroatoms. The van der Waals surface area contributed by atoms with Gasteiger partial charge in [-0.25, -0.2) is 0 Å². The van der Waals surface area contributed by atoms with Gasteiger partial charge in [-0.2, -0.15) is 0 Å². The smallest absolute Gasteiger partial charge is 0.179 e. The van der Waals surface area contributed by atoms with Gasteiger partial charge in [-0.15, -0.1) is 11.3 Å². The Morgan fingerprint density at radius 3 is 2.02 bits per heavy atom. The van der Waals surface area contributed by atoms with E-state index in [0.29, 0.717) is 0 Å². The highest BCUT2D eigenvalue weighted by Gasteiger charge is 2.57. The van der Waals surface area contributed by atoms with Crippen LogP contribution in [0.2, 0.25) is 0 Å². The molecule has 0 radical (unpaired) electrons. The molecule has 12 rings (SSSR count). The van der Waals surface area contributed by atoms with Crippen LogP contribution in [0, 0.1) is 6.92 Å². The number of hydrogen-bond donors (Lipinski definition) is 0. The summed E-state index contributed by atoms with van der Waals surface area (Å²) >= 11 is 1.90. The lowest BCUT2D eigenvalue weighted by Crippen LogP contribution is -2.74. The number of rotatable bonds is 7.